The van der Waals surface area contributed by atoms with Gasteiger partial charge in [0.05, 0.1) is 24.0 Å². The molecular weight excluding hydrogens is 252 g/mol. The van der Waals surface area contributed by atoms with E-state index in [2.05, 4.69) is 11.8 Å². The van der Waals surface area contributed by atoms with Crippen LogP contribution in [0.5, 0.6) is 5.75 Å². The highest BCUT2D eigenvalue weighted by molar-refractivity contribution is 8.13. The van der Waals surface area contributed by atoms with Crippen molar-refractivity contribution in [3.05, 3.63) is 29.3 Å². The standard InChI is InChI=1S/C13H12O4S/c1-9(14)18-7-3-4-10-5-6-11(13(15)16)8-12(10)17-2/h5-6,8H,7H2,1-2H3,(H,15,16). The molecule has 0 bridgehead atoms. The van der Waals surface area contributed by atoms with Crippen LogP contribution >= 0.6 is 11.8 Å². The monoisotopic (exact) mass is 264 g/mol. The number of aromatic carboxylic acids is 1. The van der Waals surface area contributed by atoms with Crippen LogP contribution in [0.4, 0.5) is 0 Å². The normalized spacial score (nSPS) is 9.22. The Morgan fingerprint density at radius 3 is 2.72 bits per heavy atom. The van der Waals surface area contributed by atoms with Gasteiger partial charge < -0.3 is 9.84 Å². The maximum absolute atomic E-state index is 10.8. The van der Waals surface area contributed by atoms with Crippen LogP contribution in [0, 0.1) is 11.8 Å². The maximum Gasteiger partial charge on any atom is 0.335 e. The zero-order chi connectivity index (χ0) is 13.5. The van der Waals surface area contributed by atoms with E-state index in [9.17, 15) is 9.59 Å². The summed E-state index contributed by atoms with van der Waals surface area (Å²) < 4.78 is 5.07. The Bertz CT molecular complexity index is 526. The number of hydrogen-bond donors (Lipinski definition) is 1. The number of methoxy groups -OCH3 is 1. The van der Waals surface area contributed by atoms with E-state index in [1.807, 2.05) is 0 Å². The zero-order valence-corrected chi connectivity index (χ0v) is 10.8. The molecule has 0 heterocycles. The molecule has 4 nitrogen and oxygen atoms in total. The van der Waals surface area contributed by atoms with Crippen LogP contribution in [-0.2, 0) is 4.79 Å². The number of ether oxygens (including phenoxy) is 1. The first-order valence-corrected chi connectivity index (χ1v) is 6.06. The van der Waals surface area contributed by atoms with Gasteiger partial charge in [0, 0.05) is 6.92 Å². The highest BCUT2D eigenvalue weighted by Crippen LogP contribution is 2.19. The molecular formula is C13H12O4S. The van der Waals surface area contributed by atoms with E-state index >= 15 is 0 Å². The predicted molar refractivity (Wildman–Crippen MR) is 70.0 cm³/mol. The van der Waals surface area contributed by atoms with Crippen LogP contribution < -0.4 is 4.74 Å². The first-order valence-electron chi connectivity index (χ1n) is 5.08. The number of benzene rings is 1. The lowest BCUT2D eigenvalue weighted by Crippen LogP contribution is -1.98. The number of carboxylic acid groups (broad SMARTS) is 1. The van der Waals surface area contributed by atoms with Gasteiger partial charge in [-0.05, 0) is 18.2 Å². The van der Waals surface area contributed by atoms with E-state index in [1.165, 1.54) is 26.2 Å². The fourth-order valence-corrected chi connectivity index (χ4v) is 1.54. The van der Waals surface area contributed by atoms with Gasteiger partial charge in [0.1, 0.15) is 5.75 Å². The molecule has 0 aliphatic carbocycles. The molecule has 0 fully saturated rings. The molecule has 0 unspecified atom stereocenters. The van der Waals surface area contributed by atoms with E-state index in [4.69, 9.17) is 9.84 Å². The van der Waals surface area contributed by atoms with Gasteiger partial charge in [-0.3, -0.25) is 4.79 Å². The van der Waals surface area contributed by atoms with Crippen molar-refractivity contribution < 1.29 is 19.4 Å². The summed E-state index contributed by atoms with van der Waals surface area (Å²) in [4.78, 5) is 21.5. The molecule has 0 radical (unpaired) electrons. The summed E-state index contributed by atoms with van der Waals surface area (Å²) in [6, 6.07) is 4.48. The van der Waals surface area contributed by atoms with Crippen molar-refractivity contribution in [1.29, 1.82) is 0 Å². The third kappa shape index (κ3) is 4.15. The molecule has 0 amide bonds. The molecule has 0 spiro atoms. The van der Waals surface area contributed by atoms with Crippen LogP contribution in [0.2, 0.25) is 0 Å². The average molecular weight is 264 g/mol. The minimum Gasteiger partial charge on any atom is -0.495 e. The molecule has 1 aromatic carbocycles. The third-order valence-corrected chi connectivity index (χ3v) is 2.71. The Morgan fingerprint density at radius 1 is 1.44 bits per heavy atom. The second kappa shape index (κ2) is 6.72. The molecule has 0 saturated carbocycles. The summed E-state index contributed by atoms with van der Waals surface area (Å²) in [6.07, 6.45) is 0. The van der Waals surface area contributed by atoms with E-state index < -0.39 is 5.97 Å². The van der Waals surface area contributed by atoms with Crippen molar-refractivity contribution in [2.75, 3.05) is 12.9 Å². The lowest BCUT2D eigenvalue weighted by molar-refractivity contribution is -0.109. The summed E-state index contributed by atoms with van der Waals surface area (Å²) >= 11 is 1.12. The van der Waals surface area contributed by atoms with Gasteiger partial charge in [-0.15, -0.1) is 0 Å². The van der Waals surface area contributed by atoms with Crippen molar-refractivity contribution in [3.63, 3.8) is 0 Å². The third-order valence-electron chi connectivity index (χ3n) is 2.02. The zero-order valence-electron chi connectivity index (χ0n) is 10.0. The summed E-state index contributed by atoms with van der Waals surface area (Å²) in [7, 11) is 1.45. The molecule has 1 N–H and O–H groups in total. The summed E-state index contributed by atoms with van der Waals surface area (Å²) in [5.41, 5.74) is 0.752. The van der Waals surface area contributed by atoms with Crippen LogP contribution in [0.15, 0.2) is 18.2 Å². The number of carbonyl (C=O) groups excluding carboxylic acids is 1. The maximum atomic E-state index is 10.8. The Balaban J connectivity index is 2.89. The number of carbonyl (C=O) groups is 2. The second-order valence-electron chi connectivity index (χ2n) is 3.30. The fraction of sp³-hybridized carbons (Fsp3) is 0.231. The summed E-state index contributed by atoms with van der Waals surface area (Å²) in [5, 5.41) is 8.85. The van der Waals surface area contributed by atoms with E-state index in [0.29, 0.717) is 17.1 Å². The number of thioether (sulfide) groups is 1. The molecule has 0 saturated heterocycles. The first-order chi connectivity index (χ1) is 8.54. The van der Waals surface area contributed by atoms with Crippen LogP contribution in [-0.4, -0.2) is 29.1 Å². The van der Waals surface area contributed by atoms with Gasteiger partial charge >= 0.3 is 5.97 Å². The number of rotatable bonds is 3. The molecule has 0 aliphatic rings. The quantitative estimate of drug-likeness (QED) is 0.846. The summed E-state index contributed by atoms with van der Waals surface area (Å²) in [5.74, 6) is 5.47. The Morgan fingerprint density at radius 2 is 2.17 bits per heavy atom. The minimum absolute atomic E-state index is 0.0116. The molecule has 18 heavy (non-hydrogen) atoms. The molecule has 1 rings (SSSR count). The van der Waals surface area contributed by atoms with Gasteiger partial charge in [-0.1, -0.05) is 23.6 Å². The van der Waals surface area contributed by atoms with Gasteiger partial charge in [-0.2, -0.15) is 0 Å². The van der Waals surface area contributed by atoms with Crippen LogP contribution in [0.25, 0.3) is 0 Å². The summed E-state index contributed by atoms with van der Waals surface area (Å²) in [6.45, 7) is 1.48. The highest BCUT2D eigenvalue weighted by Gasteiger charge is 2.07. The lowest BCUT2D eigenvalue weighted by atomic mass is 10.1. The van der Waals surface area contributed by atoms with Crippen molar-refractivity contribution in [3.8, 4) is 17.6 Å². The van der Waals surface area contributed by atoms with Gasteiger partial charge in [-0.25, -0.2) is 4.79 Å². The molecule has 0 aromatic heterocycles. The van der Waals surface area contributed by atoms with Crippen molar-refractivity contribution in [2.45, 2.75) is 6.92 Å². The second-order valence-corrected chi connectivity index (χ2v) is 4.45. The number of carboxylic acids is 1. The first kappa shape index (κ1) is 14.1. The van der Waals surface area contributed by atoms with Crippen LogP contribution in [0.3, 0.4) is 0 Å². The SMILES string of the molecule is COc1cc(C(=O)O)ccc1C#CCSC(C)=O. The van der Waals surface area contributed by atoms with E-state index in [0.717, 1.165) is 11.8 Å². The topological polar surface area (TPSA) is 63.6 Å². The molecule has 5 heteroatoms. The largest absolute Gasteiger partial charge is 0.495 e. The molecule has 1 aromatic rings. The van der Waals surface area contributed by atoms with Crippen molar-refractivity contribution in [1.82, 2.24) is 0 Å². The molecule has 94 valence electrons. The van der Waals surface area contributed by atoms with Gasteiger partial charge in [0.2, 0.25) is 0 Å². The minimum atomic E-state index is -1.01. The Labute approximate surface area is 109 Å². The smallest absolute Gasteiger partial charge is 0.335 e. The van der Waals surface area contributed by atoms with Gasteiger partial charge in [0.25, 0.3) is 0 Å². The Kier molecular flexibility index (Phi) is 5.28. The fourth-order valence-electron chi connectivity index (χ4n) is 1.20. The lowest BCUT2D eigenvalue weighted by Gasteiger charge is -2.04. The molecule has 0 atom stereocenters. The molecule has 0 aliphatic heterocycles. The highest BCUT2D eigenvalue weighted by atomic mass is 32.2. The van der Waals surface area contributed by atoms with E-state index in [-0.39, 0.29) is 10.7 Å². The predicted octanol–water partition coefficient (Wildman–Crippen LogP) is 2.02. The average Bonchev–Trinajstić information content (AvgIpc) is 2.34. The van der Waals surface area contributed by atoms with Crippen molar-refractivity contribution in [2.24, 2.45) is 0 Å². The van der Waals surface area contributed by atoms with Crippen molar-refractivity contribution >= 4 is 22.8 Å². The number of hydrogen-bond acceptors (Lipinski definition) is 4. The van der Waals surface area contributed by atoms with Crippen LogP contribution in [0.1, 0.15) is 22.8 Å². The Hall–Kier alpha value is -1.93. The van der Waals surface area contributed by atoms with E-state index in [1.54, 1.807) is 6.07 Å². The van der Waals surface area contributed by atoms with Gasteiger partial charge in [0.15, 0.2) is 5.12 Å².